The molecule has 1 aliphatic rings. The van der Waals surface area contributed by atoms with Gasteiger partial charge in [0.1, 0.15) is 28.7 Å². The van der Waals surface area contributed by atoms with Crippen molar-refractivity contribution in [1.29, 1.82) is 0 Å². The summed E-state index contributed by atoms with van der Waals surface area (Å²) in [5.41, 5.74) is -0.262. The van der Waals surface area contributed by atoms with E-state index in [2.05, 4.69) is 10.3 Å². The first kappa shape index (κ1) is 17.1. The topological polar surface area (TPSA) is 90.3 Å². The molecule has 7 heteroatoms. The second kappa shape index (κ2) is 5.98. The minimum Gasteiger partial charge on any atom is -0.486 e. The summed E-state index contributed by atoms with van der Waals surface area (Å²) in [6.07, 6.45) is 0.490. The van der Waals surface area contributed by atoms with Crippen molar-refractivity contribution in [3.63, 3.8) is 0 Å². The number of nitrogens with one attached hydrogen (secondary N) is 1. The number of fused-ring (bicyclic) bond motifs is 1. The lowest BCUT2D eigenvalue weighted by Crippen LogP contribution is -2.45. The van der Waals surface area contributed by atoms with Gasteiger partial charge in [0.05, 0.1) is 5.39 Å². The lowest BCUT2D eigenvalue weighted by molar-refractivity contribution is -0.135. The van der Waals surface area contributed by atoms with Crippen LogP contribution in [0.5, 0.6) is 5.75 Å². The molecule has 0 saturated carbocycles. The van der Waals surface area contributed by atoms with Crippen molar-refractivity contribution in [2.24, 2.45) is 0 Å². The van der Waals surface area contributed by atoms with Crippen LogP contribution in [0, 0.1) is 6.92 Å². The Labute approximate surface area is 145 Å². The van der Waals surface area contributed by atoms with Gasteiger partial charge in [0.2, 0.25) is 11.8 Å². The van der Waals surface area contributed by atoms with Gasteiger partial charge in [-0.3, -0.25) is 24.3 Å². The number of hydrogen-bond donors (Lipinski definition) is 1. The second-order valence-corrected chi connectivity index (χ2v) is 7.17. The lowest BCUT2D eigenvalue weighted by Gasteiger charge is -2.25. The Balaban J connectivity index is 2.16. The van der Waals surface area contributed by atoms with Gasteiger partial charge in [0.25, 0.3) is 5.56 Å². The molecule has 1 unspecified atom stereocenters. The van der Waals surface area contributed by atoms with Gasteiger partial charge in [0.15, 0.2) is 0 Å². The Bertz CT molecular complexity index is 924. The fourth-order valence-electron chi connectivity index (χ4n) is 3.01. The predicted octanol–water partition coefficient (Wildman–Crippen LogP) is 1.86. The number of benzene rings is 1. The van der Waals surface area contributed by atoms with E-state index in [1.807, 2.05) is 20.8 Å². The molecule has 1 saturated heterocycles. The molecule has 2 heterocycles. The van der Waals surface area contributed by atoms with E-state index in [1.54, 1.807) is 25.1 Å². The molecule has 1 aromatic carbocycles. The third kappa shape index (κ3) is 3.26. The van der Waals surface area contributed by atoms with Gasteiger partial charge in [-0.05, 0) is 46.2 Å². The number of rotatable bonds is 2. The van der Waals surface area contributed by atoms with Crippen molar-refractivity contribution in [2.75, 3.05) is 0 Å². The van der Waals surface area contributed by atoms with E-state index < -0.39 is 17.6 Å². The highest BCUT2D eigenvalue weighted by Crippen LogP contribution is 2.27. The maximum Gasteiger partial charge on any atom is 0.262 e. The number of nitrogens with zero attached hydrogens (tertiary/aromatic N) is 2. The van der Waals surface area contributed by atoms with Crippen LogP contribution >= 0.6 is 0 Å². The molecule has 1 N–H and O–H groups in total. The van der Waals surface area contributed by atoms with Gasteiger partial charge in [0, 0.05) is 6.42 Å². The summed E-state index contributed by atoms with van der Waals surface area (Å²) in [6, 6.07) is 4.45. The number of ether oxygens (including phenoxy) is 1. The van der Waals surface area contributed by atoms with Crippen LogP contribution in [0.4, 0.5) is 0 Å². The molecule has 1 fully saturated rings. The van der Waals surface area contributed by atoms with Crippen molar-refractivity contribution in [1.82, 2.24) is 14.9 Å². The SMILES string of the molecule is Cc1nc2c(OC(C)(C)C)cccc2c(=O)n1C1CCC(=O)NC1=O. The zero-order valence-electron chi connectivity index (χ0n) is 14.8. The molecule has 3 rings (SSSR count). The Hall–Kier alpha value is -2.70. The summed E-state index contributed by atoms with van der Waals surface area (Å²) in [5.74, 6) is 0.156. The standard InChI is InChI=1S/C18H21N3O4/c1-10-19-15-11(6-5-7-13(15)25-18(2,3)4)17(24)21(10)12-8-9-14(22)20-16(12)23/h5-7,12H,8-9H2,1-4H3,(H,20,22,23). The molecule has 0 radical (unpaired) electrons. The van der Waals surface area contributed by atoms with Crippen molar-refractivity contribution in [3.8, 4) is 5.75 Å². The van der Waals surface area contributed by atoms with Gasteiger partial charge < -0.3 is 4.74 Å². The molecule has 0 bridgehead atoms. The number of hydrogen-bond acceptors (Lipinski definition) is 5. The van der Waals surface area contributed by atoms with Crippen LogP contribution in [0.3, 0.4) is 0 Å². The zero-order valence-corrected chi connectivity index (χ0v) is 14.8. The van der Waals surface area contributed by atoms with Gasteiger partial charge >= 0.3 is 0 Å². The van der Waals surface area contributed by atoms with Crippen molar-refractivity contribution in [2.45, 2.75) is 52.2 Å². The molecule has 1 aliphatic heterocycles. The normalized spacial score (nSPS) is 18.3. The van der Waals surface area contributed by atoms with Crippen molar-refractivity contribution < 1.29 is 14.3 Å². The number of imide groups is 1. The number of aromatic nitrogens is 2. The lowest BCUT2D eigenvalue weighted by atomic mass is 10.1. The quantitative estimate of drug-likeness (QED) is 0.841. The second-order valence-electron chi connectivity index (χ2n) is 7.17. The minimum absolute atomic E-state index is 0.202. The number of carbonyl (C=O) groups is 2. The molecule has 132 valence electrons. The van der Waals surface area contributed by atoms with Gasteiger partial charge in [-0.1, -0.05) is 6.07 Å². The highest BCUT2D eigenvalue weighted by molar-refractivity contribution is 5.99. The molecule has 0 spiro atoms. The Morgan fingerprint density at radius 3 is 2.60 bits per heavy atom. The molecule has 0 aliphatic carbocycles. The Morgan fingerprint density at radius 1 is 1.24 bits per heavy atom. The summed E-state index contributed by atoms with van der Waals surface area (Å²) < 4.78 is 7.28. The maximum atomic E-state index is 13.0. The highest BCUT2D eigenvalue weighted by Gasteiger charge is 2.30. The summed E-state index contributed by atoms with van der Waals surface area (Å²) in [6.45, 7) is 7.44. The largest absolute Gasteiger partial charge is 0.486 e. The fraction of sp³-hybridized carbons (Fsp3) is 0.444. The number of aryl methyl sites for hydroxylation is 1. The summed E-state index contributed by atoms with van der Waals surface area (Å²) in [7, 11) is 0. The molecule has 7 nitrogen and oxygen atoms in total. The maximum absolute atomic E-state index is 13.0. The van der Waals surface area contributed by atoms with Gasteiger partial charge in [-0.15, -0.1) is 0 Å². The highest BCUT2D eigenvalue weighted by atomic mass is 16.5. The first-order valence-electron chi connectivity index (χ1n) is 8.22. The van der Waals surface area contributed by atoms with E-state index in [4.69, 9.17) is 4.74 Å². The van der Waals surface area contributed by atoms with E-state index in [0.29, 0.717) is 22.5 Å². The Kier molecular flexibility index (Phi) is 4.10. The van der Waals surface area contributed by atoms with Gasteiger partial charge in [-0.25, -0.2) is 4.98 Å². The number of piperidine rings is 1. The van der Waals surface area contributed by atoms with Crippen LogP contribution in [0.25, 0.3) is 10.9 Å². The van der Waals surface area contributed by atoms with Crippen LogP contribution in [0.15, 0.2) is 23.0 Å². The van der Waals surface area contributed by atoms with Crippen molar-refractivity contribution in [3.05, 3.63) is 34.4 Å². The first-order chi connectivity index (χ1) is 11.7. The zero-order chi connectivity index (χ0) is 18.4. The summed E-state index contributed by atoms with van der Waals surface area (Å²) in [4.78, 5) is 41.0. The minimum atomic E-state index is -0.728. The molecule has 1 aromatic heterocycles. The van der Waals surface area contributed by atoms with E-state index in [0.717, 1.165) is 0 Å². The van der Waals surface area contributed by atoms with E-state index in [9.17, 15) is 14.4 Å². The molecule has 25 heavy (non-hydrogen) atoms. The van der Waals surface area contributed by atoms with Crippen LogP contribution in [-0.2, 0) is 9.59 Å². The molecular formula is C18H21N3O4. The average molecular weight is 343 g/mol. The van der Waals surface area contributed by atoms with Crippen molar-refractivity contribution >= 4 is 22.7 Å². The van der Waals surface area contributed by atoms with Crippen LogP contribution in [-0.4, -0.2) is 27.0 Å². The summed E-state index contributed by atoms with van der Waals surface area (Å²) in [5, 5.41) is 2.67. The number of para-hydroxylation sites is 1. The molecule has 2 amide bonds. The third-order valence-electron chi connectivity index (χ3n) is 4.01. The molecular weight excluding hydrogens is 322 g/mol. The van der Waals surface area contributed by atoms with Crippen LogP contribution < -0.4 is 15.6 Å². The Morgan fingerprint density at radius 2 is 1.96 bits per heavy atom. The molecule has 1 atom stereocenters. The summed E-state index contributed by atoms with van der Waals surface area (Å²) >= 11 is 0. The van der Waals surface area contributed by atoms with Gasteiger partial charge in [-0.2, -0.15) is 0 Å². The fourth-order valence-corrected chi connectivity index (χ4v) is 3.01. The predicted molar refractivity (Wildman–Crippen MR) is 92.5 cm³/mol. The number of carbonyl (C=O) groups excluding carboxylic acids is 2. The van der Waals surface area contributed by atoms with E-state index >= 15 is 0 Å². The van der Waals surface area contributed by atoms with Crippen LogP contribution in [0.2, 0.25) is 0 Å². The van der Waals surface area contributed by atoms with E-state index in [1.165, 1.54) is 4.57 Å². The average Bonchev–Trinajstić information content (AvgIpc) is 2.49. The smallest absolute Gasteiger partial charge is 0.262 e. The monoisotopic (exact) mass is 343 g/mol. The number of amides is 2. The van der Waals surface area contributed by atoms with Crippen LogP contribution in [0.1, 0.15) is 45.5 Å². The third-order valence-corrected chi connectivity index (χ3v) is 4.01. The van der Waals surface area contributed by atoms with E-state index in [-0.39, 0.29) is 24.3 Å². The molecule has 2 aromatic rings. The first-order valence-corrected chi connectivity index (χ1v) is 8.22.